The van der Waals surface area contributed by atoms with E-state index in [2.05, 4.69) is 65.1 Å². The Morgan fingerprint density at radius 2 is 2.00 bits per heavy atom. The summed E-state index contributed by atoms with van der Waals surface area (Å²) in [5, 5.41) is 1.27. The Labute approximate surface area is 107 Å². The number of benzene rings is 1. The quantitative estimate of drug-likeness (QED) is 0.672. The zero-order valence-electron chi connectivity index (χ0n) is 10.5. The molecule has 3 aromatic rings. The van der Waals surface area contributed by atoms with Crippen LogP contribution in [-0.2, 0) is 6.42 Å². The maximum atomic E-state index is 4.41. The number of hydrogen-bond donors (Lipinski definition) is 0. The summed E-state index contributed by atoms with van der Waals surface area (Å²) in [6, 6.07) is 14.8. The number of aromatic nitrogens is 2. The van der Waals surface area contributed by atoms with Crippen LogP contribution in [0.5, 0.6) is 0 Å². The van der Waals surface area contributed by atoms with Gasteiger partial charge in [-0.3, -0.25) is 4.98 Å². The Morgan fingerprint density at radius 1 is 1.11 bits per heavy atom. The van der Waals surface area contributed by atoms with Gasteiger partial charge in [0.05, 0.1) is 5.52 Å². The lowest BCUT2D eigenvalue weighted by atomic mass is 10.2. The molecule has 0 N–H and O–H groups in total. The minimum atomic E-state index is 1.03. The Morgan fingerprint density at radius 3 is 2.89 bits per heavy atom. The molecule has 3 rings (SSSR count). The third-order valence-corrected chi connectivity index (χ3v) is 3.18. The van der Waals surface area contributed by atoms with Gasteiger partial charge < -0.3 is 4.57 Å². The van der Waals surface area contributed by atoms with Crippen LogP contribution in [0.15, 0.2) is 54.9 Å². The van der Waals surface area contributed by atoms with E-state index in [0.717, 1.165) is 18.5 Å². The average molecular weight is 236 g/mol. The Kier molecular flexibility index (Phi) is 2.85. The summed E-state index contributed by atoms with van der Waals surface area (Å²) in [5.41, 5.74) is 3.59. The van der Waals surface area contributed by atoms with Crippen molar-refractivity contribution in [2.24, 2.45) is 0 Å². The largest absolute Gasteiger partial charge is 0.316 e. The highest BCUT2D eigenvalue weighted by atomic mass is 15.0. The first-order valence-corrected chi connectivity index (χ1v) is 6.40. The van der Waals surface area contributed by atoms with Crippen molar-refractivity contribution in [3.63, 3.8) is 0 Å². The van der Waals surface area contributed by atoms with Crippen LogP contribution >= 0.6 is 0 Å². The molecule has 2 aromatic heterocycles. The predicted molar refractivity (Wildman–Crippen MR) is 75.1 cm³/mol. The van der Waals surface area contributed by atoms with Crippen molar-refractivity contribution in [2.75, 3.05) is 0 Å². The summed E-state index contributed by atoms with van der Waals surface area (Å²) in [6.45, 7) is 2.18. The summed E-state index contributed by atoms with van der Waals surface area (Å²) in [4.78, 5) is 4.41. The number of nitrogens with zero attached hydrogens (tertiary/aromatic N) is 2. The van der Waals surface area contributed by atoms with Gasteiger partial charge in [0.1, 0.15) is 0 Å². The Balaban J connectivity index is 2.11. The van der Waals surface area contributed by atoms with E-state index < -0.39 is 0 Å². The molecule has 0 amide bonds. The van der Waals surface area contributed by atoms with Crippen LogP contribution in [0.4, 0.5) is 0 Å². The van der Waals surface area contributed by atoms with Crippen LogP contribution < -0.4 is 0 Å². The van der Waals surface area contributed by atoms with Crippen LogP contribution in [0, 0.1) is 0 Å². The normalized spacial score (nSPS) is 10.9. The third-order valence-electron chi connectivity index (χ3n) is 3.18. The molecule has 18 heavy (non-hydrogen) atoms. The number of fused-ring (bicyclic) bond motifs is 1. The maximum Gasteiger partial charge on any atom is 0.0528 e. The zero-order chi connectivity index (χ0) is 12.4. The SMILES string of the molecule is CCCc1cc(-n2ccc3ccccc32)ccn1. The zero-order valence-corrected chi connectivity index (χ0v) is 10.5. The molecule has 0 bridgehead atoms. The van der Waals surface area contributed by atoms with Crippen LogP contribution in [0.25, 0.3) is 16.6 Å². The number of hydrogen-bond acceptors (Lipinski definition) is 1. The van der Waals surface area contributed by atoms with Crippen molar-refractivity contribution in [2.45, 2.75) is 19.8 Å². The molecule has 0 saturated heterocycles. The molecule has 0 aliphatic carbocycles. The van der Waals surface area contributed by atoms with E-state index in [9.17, 15) is 0 Å². The molecule has 2 nitrogen and oxygen atoms in total. The standard InChI is InChI=1S/C16H16N2/c1-2-5-14-12-15(8-10-17-14)18-11-9-13-6-3-4-7-16(13)18/h3-4,6-12H,2,5H2,1H3. The molecule has 0 aliphatic heterocycles. The van der Waals surface area contributed by atoms with Crippen molar-refractivity contribution >= 4 is 10.9 Å². The summed E-state index contributed by atoms with van der Waals surface area (Å²) in [6.07, 6.45) is 6.18. The summed E-state index contributed by atoms with van der Waals surface area (Å²) in [5.74, 6) is 0. The first-order chi connectivity index (χ1) is 8.88. The van der Waals surface area contributed by atoms with Crippen molar-refractivity contribution in [3.8, 4) is 5.69 Å². The molecule has 1 aromatic carbocycles. The van der Waals surface area contributed by atoms with Gasteiger partial charge in [-0.15, -0.1) is 0 Å². The summed E-state index contributed by atoms with van der Waals surface area (Å²) >= 11 is 0. The predicted octanol–water partition coefficient (Wildman–Crippen LogP) is 3.98. The van der Waals surface area contributed by atoms with Gasteiger partial charge in [-0.05, 0) is 36.1 Å². The molecule has 0 radical (unpaired) electrons. The van der Waals surface area contributed by atoms with Crippen LogP contribution in [0.3, 0.4) is 0 Å². The molecule has 90 valence electrons. The van der Waals surface area contributed by atoms with Gasteiger partial charge >= 0.3 is 0 Å². The highest BCUT2D eigenvalue weighted by Gasteiger charge is 2.03. The van der Waals surface area contributed by atoms with Gasteiger partial charge in [0.15, 0.2) is 0 Å². The Hall–Kier alpha value is -2.09. The van der Waals surface area contributed by atoms with Gasteiger partial charge in [-0.2, -0.15) is 0 Å². The van der Waals surface area contributed by atoms with Crippen LogP contribution in [0.1, 0.15) is 19.0 Å². The van der Waals surface area contributed by atoms with E-state index in [1.165, 1.54) is 16.6 Å². The number of rotatable bonds is 3. The molecular formula is C16H16N2. The topological polar surface area (TPSA) is 17.8 Å². The smallest absolute Gasteiger partial charge is 0.0528 e. The van der Waals surface area contributed by atoms with Crippen molar-refractivity contribution < 1.29 is 0 Å². The minimum Gasteiger partial charge on any atom is -0.316 e. The lowest BCUT2D eigenvalue weighted by molar-refractivity contribution is 0.878. The molecule has 2 heterocycles. The third kappa shape index (κ3) is 1.90. The molecule has 0 fully saturated rings. The molecular weight excluding hydrogens is 220 g/mol. The molecule has 2 heteroatoms. The van der Waals surface area contributed by atoms with E-state index in [-0.39, 0.29) is 0 Å². The molecule has 0 unspecified atom stereocenters. The highest BCUT2D eigenvalue weighted by Crippen LogP contribution is 2.20. The maximum absolute atomic E-state index is 4.41. The number of pyridine rings is 1. The van der Waals surface area contributed by atoms with E-state index in [1.54, 1.807) is 0 Å². The fourth-order valence-corrected chi connectivity index (χ4v) is 2.32. The first-order valence-electron chi connectivity index (χ1n) is 6.40. The van der Waals surface area contributed by atoms with Crippen molar-refractivity contribution in [1.82, 2.24) is 9.55 Å². The monoisotopic (exact) mass is 236 g/mol. The second kappa shape index (κ2) is 4.65. The van der Waals surface area contributed by atoms with Crippen molar-refractivity contribution in [3.05, 3.63) is 60.6 Å². The second-order valence-electron chi connectivity index (χ2n) is 4.50. The fourth-order valence-electron chi connectivity index (χ4n) is 2.32. The lowest BCUT2D eigenvalue weighted by Gasteiger charge is -2.07. The average Bonchev–Trinajstić information content (AvgIpc) is 2.83. The van der Waals surface area contributed by atoms with Crippen LogP contribution in [-0.4, -0.2) is 9.55 Å². The number of para-hydroxylation sites is 1. The van der Waals surface area contributed by atoms with Gasteiger partial charge in [-0.25, -0.2) is 0 Å². The van der Waals surface area contributed by atoms with E-state index in [1.807, 2.05) is 6.20 Å². The number of aryl methyl sites for hydroxylation is 1. The van der Waals surface area contributed by atoms with E-state index >= 15 is 0 Å². The fraction of sp³-hybridized carbons (Fsp3) is 0.188. The second-order valence-corrected chi connectivity index (χ2v) is 4.50. The van der Waals surface area contributed by atoms with E-state index in [4.69, 9.17) is 0 Å². The van der Waals surface area contributed by atoms with Gasteiger partial charge in [0.25, 0.3) is 0 Å². The highest BCUT2D eigenvalue weighted by molar-refractivity contribution is 5.81. The van der Waals surface area contributed by atoms with E-state index in [0.29, 0.717) is 0 Å². The van der Waals surface area contributed by atoms with Crippen molar-refractivity contribution in [1.29, 1.82) is 0 Å². The molecule has 0 spiro atoms. The Bertz CT molecular complexity index is 667. The summed E-state index contributed by atoms with van der Waals surface area (Å²) in [7, 11) is 0. The van der Waals surface area contributed by atoms with Gasteiger partial charge in [0.2, 0.25) is 0 Å². The first kappa shape index (κ1) is 11.0. The van der Waals surface area contributed by atoms with Crippen LogP contribution in [0.2, 0.25) is 0 Å². The van der Waals surface area contributed by atoms with Gasteiger partial charge in [-0.1, -0.05) is 31.5 Å². The summed E-state index contributed by atoms with van der Waals surface area (Å²) < 4.78 is 2.22. The lowest BCUT2D eigenvalue weighted by Crippen LogP contribution is -1.95. The van der Waals surface area contributed by atoms with Gasteiger partial charge in [0, 0.05) is 23.8 Å². The molecule has 0 aliphatic rings. The minimum absolute atomic E-state index is 1.03. The molecule has 0 atom stereocenters. The molecule has 0 saturated carbocycles.